The summed E-state index contributed by atoms with van der Waals surface area (Å²) < 4.78 is 9.76. The number of anilines is 1. The molecule has 0 radical (unpaired) electrons. The number of amides is 1. The molecule has 0 unspecified atom stereocenters. The van der Waals surface area contributed by atoms with Crippen LogP contribution in [-0.4, -0.2) is 22.8 Å². The fourth-order valence-corrected chi connectivity index (χ4v) is 4.62. The maximum Gasteiger partial charge on any atom is 0.407 e. The molecule has 0 fully saturated rings. The minimum Gasteiger partial charge on any atom is -1.00 e. The monoisotopic (exact) mass is 572 g/mol. The summed E-state index contributed by atoms with van der Waals surface area (Å²) in [5, 5.41) is 2.83. The highest BCUT2D eigenvalue weighted by atomic mass is 79.9. The number of ether oxygens (including phenoxy) is 1. The van der Waals surface area contributed by atoms with Gasteiger partial charge in [-0.1, -0.05) is 87.4 Å². The molecule has 0 bridgehead atoms. The van der Waals surface area contributed by atoms with Crippen LogP contribution in [-0.2, 0) is 17.8 Å². The first kappa shape index (κ1) is 30.7. The highest BCUT2D eigenvalue weighted by molar-refractivity contribution is 5.73. The number of fused-ring (bicyclic) bond motifs is 1. The minimum absolute atomic E-state index is 0. The molecule has 204 valence electrons. The zero-order valence-corrected chi connectivity index (χ0v) is 24.4. The fraction of sp³-hybridized carbons (Fsp3) is 0.533. The number of unbranched alkanes of at least 4 members (excludes halogenated alkanes) is 8. The van der Waals surface area contributed by atoms with Crippen molar-refractivity contribution in [3.63, 3.8) is 0 Å². The van der Waals surface area contributed by atoms with E-state index in [0.717, 1.165) is 38.3 Å². The summed E-state index contributed by atoms with van der Waals surface area (Å²) in [7, 11) is 0. The van der Waals surface area contributed by atoms with Crippen molar-refractivity contribution in [1.29, 1.82) is 0 Å². The van der Waals surface area contributed by atoms with Gasteiger partial charge in [-0.25, -0.2) is 13.9 Å². The first-order valence-corrected chi connectivity index (χ1v) is 13.6. The molecule has 0 atom stereocenters. The molecule has 0 aliphatic heterocycles. The van der Waals surface area contributed by atoms with Gasteiger partial charge in [0, 0.05) is 6.54 Å². The van der Waals surface area contributed by atoms with E-state index in [1.807, 2.05) is 26.8 Å². The summed E-state index contributed by atoms with van der Waals surface area (Å²) in [5.41, 5.74) is 9.87. The quantitative estimate of drug-likeness (QED) is 0.229. The van der Waals surface area contributed by atoms with Crippen LogP contribution in [0.4, 0.5) is 10.7 Å². The lowest BCUT2D eigenvalue weighted by Gasteiger charge is -2.19. The molecule has 1 aromatic heterocycles. The Morgan fingerprint density at radius 2 is 1.43 bits per heavy atom. The molecule has 3 rings (SSSR count). The lowest BCUT2D eigenvalue weighted by molar-refractivity contribution is -0.648. The van der Waals surface area contributed by atoms with Gasteiger partial charge in [0.1, 0.15) is 16.6 Å². The van der Waals surface area contributed by atoms with Gasteiger partial charge in [0.25, 0.3) is 0 Å². The average molecular weight is 574 g/mol. The van der Waals surface area contributed by atoms with Crippen molar-refractivity contribution in [2.24, 2.45) is 0 Å². The number of nitrogens with two attached hydrogens (primary N) is 1. The molecule has 0 spiro atoms. The van der Waals surface area contributed by atoms with Crippen molar-refractivity contribution in [1.82, 2.24) is 9.88 Å². The number of alkyl carbamates (subject to hydrolysis) is 1. The summed E-state index contributed by atoms with van der Waals surface area (Å²) in [6, 6.07) is 19.0. The zero-order chi connectivity index (χ0) is 25.8. The van der Waals surface area contributed by atoms with Gasteiger partial charge in [-0.3, -0.25) is 5.73 Å². The number of hydrogen-bond acceptors (Lipinski definition) is 3. The average Bonchev–Trinajstić information content (AvgIpc) is 3.10. The maximum atomic E-state index is 11.6. The molecule has 1 heterocycles. The molecule has 6 nitrogen and oxygen atoms in total. The number of nitrogen functional groups attached to an aromatic ring is 1. The number of para-hydroxylation sites is 2. The molecule has 1 amide bonds. The van der Waals surface area contributed by atoms with E-state index in [1.165, 1.54) is 55.1 Å². The third kappa shape index (κ3) is 10.4. The topological polar surface area (TPSA) is 73.2 Å². The van der Waals surface area contributed by atoms with Crippen molar-refractivity contribution in [2.45, 2.75) is 97.2 Å². The Kier molecular flexibility index (Phi) is 13.0. The molecule has 3 aromatic rings. The number of nitrogens with one attached hydrogen (secondary N) is 1. The Morgan fingerprint density at radius 1 is 0.865 bits per heavy atom. The third-order valence-electron chi connectivity index (χ3n) is 6.43. The second-order valence-corrected chi connectivity index (χ2v) is 10.7. The van der Waals surface area contributed by atoms with Crippen LogP contribution in [0.1, 0.15) is 84.1 Å². The van der Waals surface area contributed by atoms with Gasteiger partial charge in [0.2, 0.25) is 0 Å². The van der Waals surface area contributed by atoms with Gasteiger partial charge < -0.3 is 27.0 Å². The van der Waals surface area contributed by atoms with Crippen LogP contribution in [0.3, 0.4) is 0 Å². The smallest absolute Gasteiger partial charge is 0.407 e. The van der Waals surface area contributed by atoms with Crippen molar-refractivity contribution >= 4 is 23.1 Å². The van der Waals surface area contributed by atoms with Crippen LogP contribution < -0.4 is 32.6 Å². The predicted octanol–water partition coefficient (Wildman–Crippen LogP) is 3.60. The largest absolute Gasteiger partial charge is 1.00 e. The normalized spacial score (nSPS) is 11.3. The standard InChI is InChI=1S/C30H44N4O2.BrH/c1-30(2,3)36-29(35)32-22-16-9-7-5-4-6-8-10-17-23-33-26-20-14-15-21-27(26)34(28(33)31)24-25-18-12-11-13-19-25;/h11-15,18-21,31H,4-10,16-17,22-24H2,1-3H3,(H,32,35);1H. The molecular weight excluding hydrogens is 528 g/mol. The lowest BCUT2D eigenvalue weighted by atomic mass is 10.1. The lowest BCUT2D eigenvalue weighted by Crippen LogP contribution is -3.00. The van der Waals surface area contributed by atoms with E-state index in [2.05, 4.69) is 63.0 Å². The Hall–Kier alpha value is -2.54. The van der Waals surface area contributed by atoms with E-state index in [4.69, 9.17) is 10.5 Å². The minimum atomic E-state index is -0.434. The Morgan fingerprint density at radius 3 is 2.08 bits per heavy atom. The zero-order valence-electron chi connectivity index (χ0n) is 22.8. The van der Waals surface area contributed by atoms with Crippen LogP contribution >= 0.6 is 0 Å². The van der Waals surface area contributed by atoms with Crippen molar-refractivity contribution in [3.8, 4) is 0 Å². The summed E-state index contributed by atoms with van der Waals surface area (Å²) in [6.07, 6.45) is 10.5. The van der Waals surface area contributed by atoms with Gasteiger partial charge in [0.05, 0.1) is 13.1 Å². The number of nitrogens with zero attached hydrogens (tertiary/aromatic N) is 2. The third-order valence-corrected chi connectivity index (χ3v) is 6.43. The first-order chi connectivity index (χ1) is 17.3. The van der Waals surface area contributed by atoms with Gasteiger partial charge in [0.15, 0.2) is 0 Å². The van der Waals surface area contributed by atoms with Crippen LogP contribution in [0.15, 0.2) is 54.6 Å². The summed E-state index contributed by atoms with van der Waals surface area (Å²) in [6.45, 7) is 8.08. The molecular formula is C30H45BrN4O2. The SMILES string of the molecule is CC(C)(C)OC(=O)NCCCCCCCCCCCn1c(N)[n+](Cc2ccccc2)c2ccccc21.[Br-]. The van der Waals surface area contributed by atoms with Crippen molar-refractivity contribution < 1.29 is 31.1 Å². The highest BCUT2D eigenvalue weighted by Gasteiger charge is 2.20. The summed E-state index contributed by atoms with van der Waals surface area (Å²) >= 11 is 0. The number of aryl methyl sites for hydroxylation is 1. The molecule has 0 saturated heterocycles. The molecule has 2 aromatic carbocycles. The number of carbonyl (C=O) groups excluding carboxylic acids is 1. The van der Waals surface area contributed by atoms with Gasteiger partial charge in [-0.05, 0) is 51.3 Å². The predicted molar refractivity (Wildman–Crippen MR) is 148 cm³/mol. The van der Waals surface area contributed by atoms with Crippen molar-refractivity contribution in [3.05, 3.63) is 60.2 Å². The molecule has 0 aliphatic rings. The molecule has 0 saturated carbocycles. The van der Waals surface area contributed by atoms with Gasteiger partial charge in [-0.2, -0.15) is 0 Å². The Balaban J connectivity index is 0.00000481. The number of benzene rings is 2. The fourth-order valence-electron chi connectivity index (χ4n) is 4.62. The van der Waals surface area contributed by atoms with E-state index in [9.17, 15) is 4.79 Å². The van der Waals surface area contributed by atoms with Gasteiger partial charge in [-0.15, -0.1) is 0 Å². The number of imidazole rings is 1. The van der Waals surface area contributed by atoms with Crippen molar-refractivity contribution in [2.75, 3.05) is 12.3 Å². The Labute approximate surface area is 233 Å². The number of carbonyl (C=O) groups is 1. The Bertz CT molecular complexity index is 1080. The van der Waals surface area contributed by atoms with Crippen LogP contribution in [0.5, 0.6) is 0 Å². The number of hydrogen-bond donors (Lipinski definition) is 2. The maximum absolute atomic E-state index is 11.6. The van der Waals surface area contributed by atoms with E-state index < -0.39 is 5.60 Å². The van der Waals surface area contributed by atoms with E-state index in [1.54, 1.807) is 0 Å². The number of rotatable bonds is 14. The first-order valence-electron chi connectivity index (χ1n) is 13.6. The van der Waals surface area contributed by atoms with E-state index >= 15 is 0 Å². The second kappa shape index (κ2) is 15.7. The van der Waals surface area contributed by atoms with E-state index in [0.29, 0.717) is 6.54 Å². The van der Waals surface area contributed by atoms with Crippen LogP contribution in [0, 0.1) is 0 Å². The number of halogens is 1. The molecule has 0 aliphatic carbocycles. The van der Waals surface area contributed by atoms with Gasteiger partial charge >= 0.3 is 12.0 Å². The number of aromatic nitrogens is 2. The second-order valence-electron chi connectivity index (χ2n) is 10.7. The summed E-state index contributed by atoms with van der Waals surface area (Å²) in [5.74, 6) is 0.834. The van der Waals surface area contributed by atoms with Crippen LogP contribution in [0.25, 0.3) is 11.0 Å². The summed E-state index contributed by atoms with van der Waals surface area (Å²) in [4.78, 5) is 11.6. The molecule has 7 heteroatoms. The van der Waals surface area contributed by atoms with E-state index in [-0.39, 0.29) is 23.1 Å². The highest BCUT2D eigenvalue weighted by Crippen LogP contribution is 2.19. The molecule has 37 heavy (non-hydrogen) atoms. The van der Waals surface area contributed by atoms with Crippen LogP contribution in [0.2, 0.25) is 0 Å². The molecule has 3 N–H and O–H groups in total.